The van der Waals surface area contributed by atoms with E-state index in [0.717, 1.165) is 8.66 Å². The Morgan fingerprint density at radius 1 is 1.38 bits per heavy atom. The van der Waals surface area contributed by atoms with Crippen LogP contribution in [0.15, 0.2) is 34.1 Å². The Balaban J connectivity index is 2.23. The van der Waals surface area contributed by atoms with Gasteiger partial charge in [0.2, 0.25) is 0 Å². The number of hydrogen-bond acceptors (Lipinski definition) is 4. The van der Waals surface area contributed by atoms with Gasteiger partial charge < -0.3 is 15.4 Å². The summed E-state index contributed by atoms with van der Waals surface area (Å²) < 4.78 is 6.22. The second-order valence-corrected chi connectivity index (χ2v) is 7.03. The molecule has 1 aromatic carbocycles. The number of halogens is 1. The molecule has 0 spiro atoms. The van der Waals surface area contributed by atoms with E-state index >= 15 is 0 Å². The van der Waals surface area contributed by atoms with Gasteiger partial charge in [0, 0.05) is 17.1 Å². The number of anilines is 1. The van der Waals surface area contributed by atoms with Gasteiger partial charge in [-0.3, -0.25) is 4.79 Å². The second kappa shape index (κ2) is 6.95. The van der Waals surface area contributed by atoms with E-state index in [9.17, 15) is 4.79 Å². The number of nitrogen functional groups attached to an aromatic ring is 1. The van der Waals surface area contributed by atoms with Crippen molar-refractivity contribution in [3.05, 3.63) is 44.6 Å². The van der Waals surface area contributed by atoms with Crippen LogP contribution in [0.4, 0.5) is 5.69 Å². The van der Waals surface area contributed by atoms with Crippen molar-refractivity contribution in [3.8, 4) is 5.75 Å². The van der Waals surface area contributed by atoms with Crippen molar-refractivity contribution in [1.29, 1.82) is 0 Å². The molecular formula is C15H17BrN2O2S. The summed E-state index contributed by atoms with van der Waals surface area (Å²) in [5.74, 6) is 0.542. The number of benzene rings is 1. The fraction of sp³-hybridized carbons (Fsp3) is 0.267. The Morgan fingerprint density at radius 2 is 2.14 bits per heavy atom. The maximum atomic E-state index is 12.7. The van der Waals surface area contributed by atoms with Crippen LogP contribution >= 0.6 is 27.3 Å². The molecule has 0 fully saturated rings. The van der Waals surface area contributed by atoms with Crippen LogP contribution in [0, 0.1) is 0 Å². The van der Waals surface area contributed by atoms with E-state index in [2.05, 4.69) is 15.9 Å². The molecule has 0 aliphatic heterocycles. The van der Waals surface area contributed by atoms with Crippen LogP contribution in [0.3, 0.4) is 0 Å². The molecular weight excluding hydrogens is 352 g/mol. The number of nitrogens with zero attached hydrogens (tertiary/aromatic N) is 1. The molecule has 0 bridgehead atoms. The monoisotopic (exact) mass is 368 g/mol. The molecule has 0 atom stereocenters. The predicted molar refractivity (Wildman–Crippen MR) is 89.8 cm³/mol. The van der Waals surface area contributed by atoms with Gasteiger partial charge in [0.25, 0.3) is 5.91 Å². The topological polar surface area (TPSA) is 55.6 Å². The highest BCUT2D eigenvalue weighted by atomic mass is 79.9. The maximum Gasteiger partial charge on any atom is 0.256 e. The van der Waals surface area contributed by atoms with E-state index in [4.69, 9.17) is 10.5 Å². The molecule has 4 nitrogen and oxygen atoms in total. The molecule has 2 rings (SSSR count). The maximum absolute atomic E-state index is 12.7. The van der Waals surface area contributed by atoms with E-state index in [0.29, 0.717) is 30.1 Å². The van der Waals surface area contributed by atoms with Gasteiger partial charge in [-0.15, -0.1) is 11.3 Å². The fourth-order valence-corrected chi connectivity index (χ4v) is 3.47. The Labute approximate surface area is 136 Å². The number of methoxy groups -OCH3 is 1. The summed E-state index contributed by atoms with van der Waals surface area (Å²) in [5, 5.41) is 0. The van der Waals surface area contributed by atoms with Crippen molar-refractivity contribution >= 4 is 38.9 Å². The fourth-order valence-electron chi connectivity index (χ4n) is 1.97. The summed E-state index contributed by atoms with van der Waals surface area (Å²) in [5.41, 5.74) is 6.87. The average molecular weight is 369 g/mol. The summed E-state index contributed by atoms with van der Waals surface area (Å²) >= 11 is 5.06. The predicted octanol–water partition coefficient (Wildman–Crippen LogP) is 3.76. The summed E-state index contributed by atoms with van der Waals surface area (Å²) in [4.78, 5) is 15.6. The lowest BCUT2D eigenvalue weighted by Gasteiger charge is -2.21. The Morgan fingerprint density at radius 3 is 2.71 bits per heavy atom. The van der Waals surface area contributed by atoms with Crippen molar-refractivity contribution in [2.24, 2.45) is 0 Å². The largest absolute Gasteiger partial charge is 0.497 e. The van der Waals surface area contributed by atoms with Gasteiger partial charge in [0.1, 0.15) is 5.75 Å². The second-order valence-electron chi connectivity index (χ2n) is 4.48. The van der Waals surface area contributed by atoms with Crippen LogP contribution in [0.1, 0.15) is 22.2 Å². The molecule has 0 saturated carbocycles. The van der Waals surface area contributed by atoms with Crippen LogP contribution in [0.25, 0.3) is 0 Å². The lowest BCUT2D eigenvalue weighted by Crippen LogP contribution is -2.30. The zero-order chi connectivity index (χ0) is 15.4. The Hall–Kier alpha value is -1.53. The zero-order valence-corrected chi connectivity index (χ0v) is 14.3. The SMILES string of the molecule is CCN(Cc1ccc(Br)s1)C(=O)c1cc(OC)ccc1N. The normalized spacial score (nSPS) is 10.4. The van der Waals surface area contributed by atoms with Gasteiger partial charge in [0.05, 0.1) is 23.0 Å². The number of nitrogens with two attached hydrogens (primary N) is 1. The van der Waals surface area contributed by atoms with Crippen LogP contribution in [-0.2, 0) is 6.54 Å². The number of rotatable bonds is 5. The van der Waals surface area contributed by atoms with Crippen molar-refractivity contribution in [3.63, 3.8) is 0 Å². The number of ether oxygens (including phenoxy) is 1. The summed E-state index contributed by atoms with van der Waals surface area (Å²) in [6.07, 6.45) is 0. The van der Waals surface area contributed by atoms with Gasteiger partial charge >= 0.3 is 0 Å². The molecule has 1 aromatic heterocycles. The first-order valence-electron chi connectivity index (χ1n) is 6.52. The van der Waals surface area contributed by atoms with E-state index < -0.39 is 0 Å². The van der Waals surface area contributed by atoms with Gasteiger partial charge in [-0.25, -0.2) is 0 Å². The molecule has 0 unspecified atom stereocenters. The summed E-state index contributed by atoms with van der Waals surface area (Å²) in [7, 11) is 1.57. The average Bonchev–Trinajstić information content (AvgIpc) is 2.90. The smallest absolute Gasteiger partial charge is 0.256 e. The van der Waals surface area contributed by atoms with E-state index in [1.165, 1.54) is 0 Å². The number of hydrogen-bond donors (Lipinski definition) is 1. The molecule has 0 saturated heterocycles. The van der Waals surface area contributed by atoms with E-state index in [1.54, 1.807) is 41.5 Å². The molecule has 0 aliphatic rings. The van der Waals surface area contributed by atoms with Crippen molar-refractivity contribution in [1.82, 2.24) is 4.90 Å². The molecule has 1 amide bonds. The van der Waals surface area contributed by atoms with Gasteiger partial charge in [-0.2, -0.15) is 0 Å². The first-order chi connectivity index (χ1) is 10.0. The first kappa shape index (κ1) is 15.9. The van der Waals surface area contributed by atoms with Crippen molar-refractivity contribution in [2.45, 2.75) is 13.5 Å². The van der Waals surface area contributed by atoms with Gasteiger partial charge in [0.15, 0.2) is 0 Å². The highest BCUT2D eigenvalue weighted by Gasteiger charge is 2.18. The molecule has 2 N–H and O–H groups in total. The van der Waals surface area contributed by atoms with E-state index in [-0.39, 0.29) is 5.91 Å². The molecule has 6 heteroatoms. The molecule has 112 valence electrons. The van der Waals surface area contributed by atoms with Gasteiger partial charge in [-0.05, 0) is 53.2 Å². The van der Waals surface area contributed by atoms with Crippen LogP contribution < -0.4 is 10.5 Å². The standard InChI is InChI=1S/C15H17BrN2O2S/c1-3-18(9-11-5-7-14(16)21-11)15(19)12-8-10(20-2)4-6-13(12)17/h4-8H,3,9,17H2,1-2H3. The lowest BCUT2D eigenvalue weighted by molar-refractivity contribution is 0.0755. The third-order valence-corrected chi connectivity index (χ3v) is 4.74. The number of thiophene rings is 1. The van der Waals surface area contributed by atoms with Crippen LogP contribution in [0.5, 0.6) is 5.75 Å². The van der Waals surface area contributed by atoms with Crippen molar-refractivity contribution < 1.29 is 9.53 Å². The quantitative estimate of drug-likeness (QED) is 0.817. The molecule has 0 aliphatic carbocycles. The number of carbonyl (C=O) groups excluding carboxylic acids is 1. The van der Waals surface area contributed by atoms with Crippen molar-refractivity contribution in [2.75, 3.05) is 19.4 Å². The third kappa shape index (κ3) is 3.77. The molecule has 2 aromatic rings. The molecule has 0 radical (unpaired) electrons. The molecule has 1 heterocycles. The summed E-state index contributed by atoms with van der Waals surface area (Å²) in [6.45, 7) is 3.14. The Kier molecular flexibility index (Phi) is 5.25. The summed E-state index contributed by atoms with van der Waals surface area (Å²) in [6, 6.07) is 9.13. The minimum absolute atomic E-state index is 0.0848. The minimum atomic E-state index is -0.0848. The van der Waals surface area contributed by atoms with Crippen LogP contribution in [-0.4, -0.2) is 24.5 Å². The minimum Gasteiger partial charge on any atom is -0.497 e. The van der Waals surface area contributed by atoms with Gasteiger partial charge in [-0.1, -0.05) is 0 Å². The van der Waals surface area contributed by atoms with E-state index in [1.807, 2.05) is 19.1 Å². The zero-order valence-electron chi connectivity index (χ0n) is 11.9. The number of amides is 1. The molecule has 21 heavy (non-hydrogen) atoms. The highest BCUT2D eigenvalue weighted by molar-refractivity contribution is 9.11. The van der Waals surface area contributed by atoms with Crippen LogP contribution in [0.2, 0.25) is 0 Å². The highest BCUT2D eigenvalue weighted by Crippen LogP contribution is 2.25. The lowest BCUT2D eigenvalue weighted by atomic mass is 10.1. The first-order valence-corrected chi connectivity index (χ1v) is 8.13. The third-order valence-electron chi connectivity index (χ3n) is 3.14. The Bertz CT molecular complexity index is 642. The number of carbonyl (C=O) groups is 1.